The van der Waals surface area contributed by atoms with Crippen LogP contribution in [0.2, 0.25) is 0 Å². The number of benzene rings is 1. The number of aliphatic imine (C=N–C) groups is 1. The number of fused-ring (bicyclic) bond motifs is 2. The summed E-state index contributed by atoms with van der Waals surface area (Å²) in [6.07, 6.45) is 6.01. The average molecular weight is 433 g/mol. The van der Waals surface area contributed by atoms with E-state index in [1.807, 2.05) is 6.07 Å². The number of rotatable bonds is 5. The highest BCUT2D eigenvalue weighted by atomic mass is 127. The molecule has 0 aliphatic carbocycles. The average Bonchev–Trinajstić information content (AvgIpc) is 3.13. The highest BCUT2D eigenvalue weighted by Gasteiger charge is 2.40. The quantitative estimate of drug-likeness (QED) is 0.325. The fourth-order valence-corrected chi connectivity index (χ4v) is 3.35. The van der Waals surface area contributed by atoms with Crippen LogP contribution in [0.15, 0.2) is 29.3 Å². The van der Waals surface area contributed by atoms with Gasteiger partial charge < -0.3 is 15.4 Å². The van der Waals surface area contributed by atoms with Gasteiger partial charge in [0, 0.05) is 13.6 Å². The molecule has 3 rings (SSSR count). The lowest BCUT2D eigenvalue weighted by Crippen LogP contribution is -2.47. The Balaban J connectivity index is 0.00000192. The molecule has 2 aliphatic heterocycles. The Morgan fingerprint density at radius 3 is 2.91 bits per heavy atom. The van der Waals surface area contributed by atoms with E-state index >= 15 is 0 Å². The minimum absolute atomic E-state index is 0. The molecule has 2 N–H and O–H groups in total. The lowest BCUT2D eigenvalue weighted by molar-refractivity contribution is 0.0992. The Morgan fingerprint density at radius 2 is 2.26 bits per heavy atom. The van der Waals surface area contributed by atoms with E-state index in [0.717, 1.165) is 43.8 Å². The lowest BCUT2D eigenvalue weighted by atomic mass is 9.96. The van der Waals surface area contributed by atoms with Crippen molar-refractivity contribution in [2.75, 3.05) is 13.6 Å². The van der Waals surface area contributed by atoms with Gasteiger partial charge in [0.2, 0.25) is 0 Å². The van der Waals surface area contributed by atoms with E-state index in [1.54, 1.807) is 19.2 Å². The fraction of sp³-hybridized carbons (Fsp3) is 0.588. The van der Waals surface area contributed by atoms with Crippen LogP contribution in [0.25, 0.3) is 0 Å². The minimum atomic E-state index is -0.167. The van der Waals surface area contributed by atoms with E-state index in [0.29, 0.717) is 18.2 Å². The van der Waals surface area contributed by atoms with Crippen LogP contribution >= 0.6 is 24.0 Å². The molecule has 2 aliphatic rings. The molecule has 4 nitrogen and oxygen atoms in total. The Kier molecular flexibility index (Phi) is 7.08. The van der Waals surface area contributed by atoms with Crippen molar-refractivity contribution in [3.63, 3.8) is 0 Å². The number of hydrogen-bond acceptors (Lipinski definition) is 2. The summed E-state index contributed by atoms with van der Waals surface area (Å²) in [7, 11) is 1.79. The van der Waals surface area contributed by atoms with Crippen molar-refractivity contribution in [2.24, 2.45) is 4.99 Å². The summed E-state index contributed by atoms with van der Waals surface area (Å²) in [5.41, 5.74) is 1.03. The third kappa shape index (κ3) is 5.04. The zero-order chi connectivity index (χ0) is 15.4. The molecule has 2 saturated heterocycles. The monoisotopic (exact) mass is 433 g/mol. The summed E-state index contributed by atoms with van der Waals surface area (Å²) < 4.78 is 18.9. The van der Waals surface area contributed by atoms with Crippen molar-refractivity contribution < 1.29 is 9.13 Å². The van der Waals surface area contributed by atoms with E-state index in [2.05, 4.69) is 15.6 Å². The van der Waals surface area contributed by atoms with E-state index in [1.165, 1.54) is 12.5 Å². The molecule has 2 heterocycles. The number of halogens is 2. The Morgan fingerprint density at radius 1 is 1.39 bits per heavy atom. The number of ether oxygens (including phenoxy) is 1. The van der Waals surface area contributed by atoms with Gasteiger partial charge in [-0.25, -0.2) is 4.39 Å². The van der Waals surface area contributed by atoms with Gasteiger partial charge in [-0.2, -0.15) is 0 Å². The largest absolute Gasteiger partial charge is 0.373 e. The van der Waals surface area contributed by atoms with Gasteiger partial charge in [-0.1, -0.05) is 12.1 Å². The van der Waals surface area contributed by atoms with Gasteiger partial charge in [-0.15, -0.1) is 24.0 Å². The molecular weight excluding hydrogens is 408 g/mol. The van der Waals surface area contributed by atoms with Crippen LogP contribution in [0.5, 0.6) is 0 Å². The summed E-state index contributed by atoms with van der Waals surface area (Å²) in [6.45, 7) is 0.817. The topological polar surface area (TPSA) is 45.7 Å². The van der Waals surface area contributed by atoms with Crippen molar-refractivity contribution in [3.05, 3.63) is 35.6 Å². The van der Waals surface area contributed by atoms with Crippen LogP contribution in [-0.2, 0) is 11.2 Å². The first-order chi connectivity index (χ1) is 10.7. The molecule has 1 aromatic carbocycles. The summed E-state index contributed by atoms with van der Waals surface area (Å²) in [5.74, 6) is 0.666. The Hall–Kier alpha value is -0.890. The van der Waals surface area contributed by atoms with Gasteiger partial charge >= 0.3 is 0 Å². The van der Waals surface area contributed by atoms with Gasteiger partial charge in [0.25, 0.3) is 0 Å². The van der Waals surface area contributed by atoms with Gasteiger partial charge in [-0.3, -0.25) is 4.99 Å². The van der Waals surface area contributed by atoms with Crippen molar-refractivity contribution in [1.29, 1.82) is 0 Å². The highest BCUT2D eigenvalue weighted by Crippen LogP contribution is 2.34. The third-order valence-electron chi connectivity index (χ3n) is 4.48. The molecule has 0 spiro atoms. The molecule has 3 unspecified atom stereocenters. The Labute approximate surface area is 154 Å². The van der Waals surface area contributed by atoms with Gasteiger partial charge in [0.05, 0.1) is 18.2 Å². The van der Waals surface area contributed by atoms with E-state index in [4.69, 9.17) is 4.74 Å². The summed E-state index contributed by atoms with van der Waals surface area (Å²) in [5, 5.41) is 6.79. The fourth-order valence-electron chi connectivity index (χ4n) is 3.35. The molecule has 0 aromatic heterocycles. The van der Waals surface area contributed by atoms with E-state index in [9.17, 15) is 4.39 Å². The first-order valence-electron chi connectivity index (χ1n) is 8.11. The number of guanidine groups is 1. The number of nitrogens with one attached hydrogen (secondary N) is 2. The second kappa shape index (κ2) is 8.82. The second-order valence-corrected chi connectivity index (χ2v) is 6.09. The number of hydrogen-bond donors (Lipinski definition) is 2. The zero-order valence-electron chi connectivity index (χ0n) is 13.4. The normalized spacial score (nSPS) is 26.0. The maximum atomic E-state index is 13.1. The minimum Gasteiger partial charge on any atom is -0.373 e. The van der Waals surface area contributed by atoms with Crippen LogP contribution in [0.4, 0.5) is 4.39 Å². The zero-order valence-corrected chi connectivity index (χ0v) is 15.8. The first kappa shape index (κ1) is 18.4. The van der Waals surface area contributed by atoms with Crippen molar-refractivity contribution >= 4 is 29.9 Å². The smallest absolute Gasteiger partial charge is 0.191 e. The Bertz CT molecular complexity index is 540. The first-order valence-corrected chi connectivity index (χ1v) is 8.11. The summed E-state index contributed by atoms with van der Waals surface area (Å²) >= 11 is 0. The highest BCUT2D eigenvalue weighted by molar-refractivity contribution is 14.0. The molecule has 2 bridgehead atoms. The maximum Gasteiger partial charge on any atom is 0.191 e. The molecular formula is C17H25FIN3O. The van der Waals surface area contributed by atoms with Gasteiger partial charge in [0.1, 0.15) is 5.82 Å². The molecule has 0 radical (unpaired) electrons. The summed E-state index contributed by atoms with van der Waals surface area (Å²) in [4.78, 5) is 4.27. The van der Waals surface area contributed by atoms with Crippen LogP contribution in [-0.4, -0.2) is 37.8 Å². The van der Waals surface area contributed by atoms with E-state index < -0.39 is 0 Å². The predicted octanol–water partition coefficient (Wildman–Crippen LogP) is 2.86. The van der Waals surface area contributed by atoms with Gasteiger partial charge in [-0.05, 0) is 49.8 Å². The molecule has 0 amide bonds. The summed E-state index contributed by atoms with van der Waals surface area (Å²) in [6, 6.07) is 7.18. The van der Waals surface area contributed by atoms with Gasteiger partial charge in [0.15, 0.2) is 5.96 Å². The van der Waals surface area contributed by atoms with Crippen molar-refractivity contribution in [3.8, 4) is 0 Å². The van der Waals surface area contributed by atoms with E-state index in [-0.39, 0.29) is 29.8 Å². The standard InChI is InChI=1S/C17H24FN3O.HI/c1-19-17(21-15-11-14-7-8-16(15)22-14)20-9-3-5-12-4-2-6-13(18)10-12;/h2,4,6,10,14-16H,3,5,7-9,11H2,1H3,(H2,19,20,21);1H. The van der Waals surface area contributed by atoms with Crippen molar-refractivity contribution in [1.82, 2.24) is 10.6 Å². The molecule has 23 heavy (non-hydrogen) atoms. The molecule has 1 aromatic rings. The maximum absolute atomic E-state index is 13.1. The second-order valence-electron chi connectivity index (χ2n) is 6.09. The predicted molar refractivity (Wildman–Crippen MR) is 101 cm³/mol. The van der Waals surface area contributed by atoms with Crippen LogP contribution in [0.3, 0.4) is 0 Å². The SMILES string of the molecule is CN=C(NCCCc1cccc(F)c1)NC1CC2CCC1O2.I. The van der Waals surface area contributed by atoms with Crippen molar-refractivity contribution in [2.45, 2.75) is 50.4 Å². The molecule has 0 saturated carbocycles. The number of aryl methyl sites for hydroxylation is 1. The van der Waals surface area contributed by atoms with Crippen LogP contribution in [0.1, 0.15) is 31.2 Å². The van der Waals surface area contributed by atoms with Crippen LogP contribution in [0, 0.1) is 5.82 Å². The molecule has 2 fully saturated rings. The lowest BCUT2D eigenvalue weighted by Gasteiger charge is -2.22. The molecule has 128 valence electrons. The van der Waals surface area contributed by atoms with Crippen LogP contribution < -0.4 is 10.6 Å². The number of nitrogens with zero attached hydrogens (tertiary/aromatic N) is 1. The molecule has 6 heteroatoms. The third-order valence-corrected chi connectivity index (χ3v) is 4.48. The molecule has 3 atom stereocenters.